The molecule has 10 heteroatoms. The molecular formula is C28H33FN4O4S. The molecule has 0 atom stereocenters. The molecule has 5 rings (SSSR count). The van der Waals surface area contributed by atoms with Gasteiger partial charge in [-0.1, -0.05) is 42.5 Å². The Morgan fingerprint density at radius 1 is 1.03 bits per heavy atom. The van der Waals surface area contributed by atoms with E-state index in [4.69, 9.17) is 4.74 Å². The number of halogens is 1. The average Bonchev–Trinajstić information content (AvgIpc) is 3.70. The Kier molecular flexibility index (Phi) is 8.21. The van der Waals surface area contributed by atoms with Crippen molar-refractivity contribution in [3.05, 3.63) is 83.4 Å². The fourth-order valence-electron chi connectivity index (χ4n) is 4.70. The lowest BCUT2D eigenvalue weighted by Crippen LogP contribution is -2.43. The third-order valence-electron chi connectivity index (χ3n) is 7.01. The summed E-state index contributed by atoms with van der Waals surface area (Å²) in [6.07, 6.45) is 3.36. The van der Waals surface area contributed by atoms with Crippen LogP contribution < -0.4 is 0 Å². The van der Waals surface area contributed by atoms with Crippen LogP contribution in [0.2, 0.25) is 0 Å². The quantitative estimate of drug-likeness (QED) is 0.372. The minimum Gasteiger partial charge on any atom is -0.379 e. The molecule has 3 aromatic rings. The number of benzene rings is 2. The van der Waals surface area contributed by atoms with Crippen molar-refractivity contribution in [2.24, 2.45) is 5.92 Å². The Morgan fingerprint density at radius 3 is 2.42 bits per heavy atom. The van der Waals surface area contributed by atoms with Gasteiger partial charge in [-0.3, -0.25) is 9.69 Å². The van der Waals surface area contributed by atoms with Crippen LogP contribution in [0.3, 0.4) is 0 Å². The Morgan fingerprint density at radius 2 is 1.74 bits per heavy atom. The van der Waals surface area contributed by atoms with Gasteiger partial charge >= 0.3 is 0 Å². The average molecular weight is 541 g/mol. The van der Waals surface area contributed by atoms with E-state index in [1.807, 2.05) is 35.2 Å². The molecule has 0 radical (unpaired) electrons. The molecule has 1 aromatic heterocycles. The highest BCUT2D eigenvalue weighted by molar-refractivity contribution is 7.90. The second kappa shape index (κ2) is 11.8. The number of carbonyl (C=O) groups excluding carboxylic acids is 1. The van der Waals surface area contributed by atoms with Crippen LogP contribution in [0, 0.1) is 11.7 Å². The van der Waals surface area contributed by atoms with Gasteiger partial charge in [0, 0.05) is 32.1 Å². The third-order valence-corrected chi connectivity index (χ3v) is 8.61. The standard InChI is InChI=1S/C28H33FN4O4S/c29-25-10-6-23(7-11-25)21-38(35,36)28-30-18-26(33(28)19-22-4-2-1-3-5-22)20-32(27(34)24-8-9-24)13-12-31-14-16-37-17-15-31/h1-7,10-11,18,24H,8-9,12-17,19-21H2. The number of hydrogen-bond acceptors (Lipinski definition) is 6. The highest BCUT2D eigenvalue weighted by Gasteiger charge is 2.34. The molecule has 2 heterocycles. The summed E-state index contributed by atoms with van der Waals surface area (Å²) in [5.41, 5.74) is 2.08. The van der Waals surface area contributed by atoms with Gasteiger partial charge in [0.25, 0.3) is 0 Å². The molecule has 0 N–H and O–H groups in total. The van der Waals surface area contributed by atoms with Crippen LogP contribution in [0.4, 0.5) is 4.39 Å². The molecule has 8 nitrogen and oxygen atoms in total. The van der Waals surface area contributed by atoms with Gasteiger partial charge in [0.1, 0.15) is 5.82 Å². The van der Waals surface area contributed by atoms with Crippen molar-refractivity contribution < 1.29 is 22.3 Å². The van der Waals surface area contributed by atoms with E-state index in [0.717, 1.165) is 38.0 Å². The molecule has 202 valence electrons. The SMILES string of the molecule is O=C(C1CC1)N(CCN1CCOCC1)Cc1cnc(S(=O)(=O)Cc2ccc(F)cc2)n1Cc1ccccc1. The second-order valence-electron chi connectivity index (χ2n) is 9.98. The zero-order valence-electron chi connectivity index (χ0n) is 21.3. The summed E-state index contributed by atoms with van der Waals surface area (Å²) in [6.45, 7) is 4.94. The number of aromatic nitrogens is 2. The van der Waals surface area contributed by atoms with Gasteiger partial charge in [0.05, 0.1) is 43.9 Å². The molecule has 1 saturated heterocycles. The zero-order valence-corrected chi connectivity index (χ0v) is 22.2. The minimum atomic E-state index is -3.84. The maximum atomic E-state index is 13.5. The molecule has 2 fully saturated rings. The monoisotopic (exact) mass is 540 g/mol. The predicted molar refractivity (Wildman–Crippen MR) is 140 cm³/mol. The Balaban J connectivity index is 1.42. The fraction of sp³-hybridized carbons (Fsp3) is 0.429. The van der Waals surface area contributed by atoms with Gasteiger partial charge in [0.2, 0.25) is 20.9 Å². The van der Waals surface area contributed by atoms with Crippen molar-refractivity contribution in [2.75, 3.05) is 39.4 Å². The van der Waals surface area contributed by atoms with E-state index in [-0.39, 0.29) is 29.3 Å². The summed E-state index contributed by atoms with van der Waals surface area (Å²) in [6, 6.07) is 15.0. The van der Waals surface area contributed by atoms with Gasteiger partial charge in [-0.15, -0.1) is 0 Å². The number of ether oxygens (including phenoxy) is 1. The van der Waals surface area contributed by atoms with Crippen molar-refractivity contribution in [2.45, 2.75) is 36.8 Å². The summed E-state index contributed by atoms with van der Waals surface area (Å²) < 4.78 is 47.5. The minimum absolute atomic E-state index is 0.0480. The highest BCUT2D eigenvalue weighted by Crippen LogP contribution is 2.32. The summed E-state index contributed by atoms with van der Waals surface area (Å²) in [7, 11) is -3.84. The molecule has 0 bridgehead atoms. The molecule has 1 aliphatic heterocycles. The van der Waals surface area contributed by atoms with Crippen LogP contribution in [0.1, 0.15) is 29.7 Å². The third kappa shape index (κ3) is 6.67. The summed E-state index contributed by atoms with van der Waals surface area (Å²) in [4.78, 5) is 21.7. The van der Waals surface area contributed by atoms with E-state index in [1.165, 1.54) is 24.3 Å². The van der Waals surface area contributed by atoms with E-state index in [1.54, 1.807) is 10.8 Å². The lowest BCUT2D eigenvalue weighted by atomic mass is 10.2. The summed E-state index contributed by atoms with van der Waals surface area (Å²) in [5.74, 6) is -0.551. The first-order valence-corrected chi connectivity index (χ1v) is 14.7. The van der Waals surface area contributed by atoms with Crippen LogP contribution >= 0.6 is 0 Å². The van der Waals surface area contributed by atoms with Crippen LogP contribution in [0.5, 0.6) is 0 Å². The molecule has 0 spiro atoms. The van der Waals surface area contributed by atoms with Gasteiger partial charge in [-0.05, 0) is 36.1 Å². The smallest absolute Gasteiger partial charge is 0.228 e. The number of morpholine rings is 1. The van der Waals surface area contributed by atoms with Crippen molar-refractivity contribution in [1.82, 2.24) is 19.4 Å². The zero-order chi connectivity index (χ0) is 26.5. The van der Waals surface area contributed by atoms with Crippen LogP contribution in [0.15, 0.2) is 66.0 Å². The Labute approximate surface area is 223 Å². The second-order valence-corrected chi connectivity index (χ2v) is 11.9. The number of nitrogens with zero attached hydrogens (tertiary/aromatic N) is 4. The lowest BCUT2D eigenvalue weighted by molar-refractivity contribution is -0.133. The van der Waals surface area contributed by atoms with Gasteiger partial charge in [-0.25, -0.2) is 17.8 Å². The maximum Gasteiger partial charge on any atom is 0.228 e. The summed E-state index contributed by atoms with van der Waals surface area (Å²) >= 11 is 0. The molecule has 2 aromatic carbocycles. The van der Waals surface area contributed by atoms with Crippen molar-refractivity contribution >= 4 is 15.7 Å². The molecule has 0 unspecified atom stereocenters. The number of carbonyl (C=O) groups is 1. The molecule has 1 aliphatic carbocycles. The fourth-order valence-corrected chi connectivity index (χ4v) is 6.20. The van der Waals surface area contributed by atoms with E-state index < -0.39 is 15.7 Å². The molecule has 1 saturated carbocycles. The maximum absolute atomic E-state index is 13.5. The first kappa shape index (κ1) is 26.5. The first-order valence-electron chi connectivity index (χ1n) is 13.0. The largest absolute Gasteiger partial charge is 0.379 e. The topological polar surface area (TPSA) is 84.7 Å². The van der Waals surface area contributed by atoms with Gasteiger partial charge < -0.3 is 14.2 Å². The van der Waals surface area contributed by atoms with E-state index in [9.17, 15) is 17.6 Å². The predicted octanol–water partition coefficient (Wildman–Crippen LogP) is 3.12. The van der Waals surface area contributed by atoms with Crippen molar-refractivity contribution in [3.63, 3.8) is 0 Å². The lowest BCUT2D eigenvalue weighted by Gasteiger charge is -2.30. The van der Waals surface area contributed by atoms with E-state index in [0.29, 0.717) is 37.6 Å². The number of hydrogen-bond donors (Lipinski definition) is 0. The highest BCUT2D eigenvalue weighted by atomic mass is 32.2. The van der Waals surface area contributed by atoms with Crippen LogP contribution in [-0.2, 0) is 38.2 Å². The van der Waals surface area contributed by atoms with Crippen LogP contribution in [0.25, 0.3) is 0 Å². The Bertz CT molecular complexity index is 1330. The molecule has 38 heavy (non-hydrogen) atoms. The molecular weight excluding hydrogens is 507 g/mol. The summed E-state index contributed by atoms with van der Waals surface area (Å²) in [5, 5.41) is -0.0484. The number of amides is 1. The van der Waals surface area contributed by atoms with E-state index >= 15 is 0 Å². The van der Waals surface area contributed by atoms with Crippen molar-refractivity contribution in [1.29, 1.82) is 0 Å². The number of rotatable bonds is 11. The number of sulfone groups is 1. The molecule has 1 amide bonds. The van der Waals surface area contributed by atoms with E-state index in [2.05, 4.69) is 9.88 Å². The first-order chi connectivity index (χ1) is 18.4. The number of imidazole rings is 1. The van der Waals surface area contributed by atoms with Gasteiger partial charge in [0.15, 0.2) is 0 Å². The van der Waals surface area contributed by atoms with Crippen LogP contribution in [-0.4, -0.2) is 73.1 Å². The Hall–Kier alpha value is -3.08. The normalized spacial score (nSPS) is 16.4. The van der Waals surface area contributed by atoms with Gasteiger partial charge in [-0.2, -0.15) is 0 Å². The van der Waals surface area contributed by atoms with Crippen molar-refractivity contribution in [3.8, 4) is 0 Å². The molecule has 2 aliphatic rings.